The summed E-state index contributed by atoms with van der Waals surface area (Å²) in [6.07, 6.45) is 4.84. The summed E-state index contributed by atoms with van der Waals surface area (Å²) in [5, 5.41) is 0.131. The maximum atomic E-state index is 12.9. The fourth-order valence-electron chi connectivity index (χ4n) is 2.73. The zero-order chi connectivity index (χ0) is 17.4. The van der Waals surface area contributed by atoms with E-state index < -0.39 is 0 Å². The Labute approximate surface area is 144 Å². The normalized spacial score (nSPS) is 10.7. The highest BCUT2D eigenvalue weighted by molar-refractivity contribution is 5.68. The zero-order valence-corrected chi connectivity index (χ0v) is 14.7. The highest BCUT2D eigenvalue weighted by Gasteiger charge is 2.07. The van der Waals surface area contributed by atoms with Crippen molar-refractivity contribution in [1.29, 1.82) is 0 Å². The molecule has 2 aromatic carbocycles. The van der Waals surface area contributed by atoms with Gasteiger partial charge in [0.1, 0.15) is 0 Å². The molecule has 0 saturated heterocycles. The molecular formula is C20H28FN3. The molecule has 3 nitrogen and oxygen atoms in total. The van der Waals surface area contributed by atoms with Gasteiger partial charge in [-0.25, -0.2) is 5.84 Å². The Bertz CT molecular complexity index is 585. The second kappa shape index (κ2) is 9.28. The molecule has 0 radical (unpaired) electrons. The molecule has 0 aliphatic rings. The first-order valence-electron chi connectivity index (χ1n) is 8.81. The number of anilines is 2. The Morgan fingerprint density at radius 2 is 1.17 bits per heavy atom. The van der Waals surface area contributed by atoms with E-state index in [1.807, 2.05) is 12.1 Å². The Balaban J connectivity index is 2.12. The van der Waals surface area contributed by atoms with E-state index in [0.717, 1.165) is 24.2 Å². The lowest BCUT2D eigenvalue weighted by atomic mass is 10.0. The minimum atomic E-state index is 0.131. The van der Waals surface area contributed by atoms with Crippen LogP contribution >= 0.6 is 0 Å². The fourth-order valence-corrected chi connectivity index (χ4v) is 2.73. The molecule has 0 fully saturated rings. The van der Waals surface area contributed by atoms with Crippen LogP contribution in [0, 0.1) is 0 Å². The largest absolute Gasteiger partial charge is 0.372 e. The molecule has 0 saturated carbocycles. The van der Waals surface area contributed by atoms with Gasteiger partial charge in [0, 0.05) is 18.8 Å². The monoisotopic (exact) mass is 329 g/mol. The summed E-state index contributed by atoms with van der Waals surface area (Å²) in [7, 11) is 0. The van der Waals surface area contributed by atoms with E-state index in [9.17, 15) is 4.48 Å². The van der Waals surface area contributed by atoms with Crippen molar-refractivity contribution in [3.05, 3.63) is 48.5 Å². The number of benzene rings is 2. The third-order valence-corrected chi connectivity index (χ3v) is 4.24. The first-order chi connectivity index (χ1) is 11.7. The summed E-state index contributed by atoms with van der Waals surface area (Å²) >= 11 is 0. The summed E-state index contributed by atoms with van der Waals surface area (Å²) in [6, 6.07) is 15.7. The quantitative estimate of drug-likeness (QED) is 0.384. The van der Waals surface area contributed by atoms with Gasteiger partial charge < -0.3 is 4.90 Å². The van der Waals surface area contributed by atoms with Crippen molar-refractivity contribution < 1.29 is 4.48 Å². The van der Waals surface area contributed by atoms with Crippen molar-refractivity contribution in [2.45, 2.75) is 39.5 Å². The van der Waals surface area contributed by atoms with E-state index >= 15 is 0 Å². The molecule has 0 unspecified atom stereocenters. The van der Waals surface area contributed by atoms with Crippen LogP contribution in [0.5, 0.6) is 0 Å². The molecule has 2 rings (SSSR count). The van der Waals surface area contributed by atoms with Crippen LogP contribution < -0.4 is 16.0 Å². The van der Waals surface area contributed by atoms with Crippen molar-refractivity contribution in [2.24, 2.45) is 5.84 Å². The maximum absolute atomic E-state index is 12.9. The Morgan fingerprint density at radius 3 is 1.54 bits per heavy atom. The van der Waals surface area contributed by atoms with Gasteiger partial charge in [-0.1, -0.05) is 55.4 Å². The molecule has 4 heteroatoms. The molecule has 0 amide bonds. The molecule has 0 aliphatic carbocycles. The Hall–Kier alpha value is -2.07. The van der Waals surface area contributed by atoms with E-state index in [2.05, 4.69) is 43.0 Å². The summed E-state index contributed by atoms with van der Waals surface area (Å²) < 4.78 is 12.9. The summed E-state index contributed by atoms with van der Waals surface area (Å²) in [6.45, 7) is 6.66. The first-order valence-corrected chi connectivity index (χ1v) is 8.81. The van der Waals surface area contributed by atoms with Crippen LogP contribution in [0.3, 0.4) is 0 Å². The van der Waals surface area contributed by atoms with Gasteiger partial charge in [-0.3, -0.25) is 0 Å². The molecular weight excluding hydrogens is 301 g/mol. The average molecular weight is 329 g/mol. The van der Waals surface area contributed by atoms with Crippen LogP contribution in [0.25, 0.3) is 11.1 Å². The minimum absolute atomic E-state index is 0.131. The first kappa shape index (κ1) is 18.3. The van der Waals surface area contributed by atoms with Crippen LogP contribution in [0.2, 0.25) is 0 Å². The standard InChI is InChI=1S/C20H28FN3/c1-3-5-15-23(16-6-4-2)19-11-7-17(8-12-19)18-9-13-20(14-10-18)24(21)22/h7-14H,3-6,15-16,22H2,1-2H3. The molecule has 24 heavy (non-hydrogen) atoms. The van der Waals surface area contributed by atoms with Gasteiger partial charge in [0.05, 0.1) is 5.69 Å². The van der Waals surface area contributed by atoms with E-state index in [1.54, 1.807) is 12.1 Å². The molecule has 0 bridgehead atoms. The maximum Gasteiger partial charge on any atom is 0.0873 e. The molecule has 0 aromatic heterocycles. The average Bonchev–Trinajstić information content (AvgIpc) is 2.62. The van der Waals surface area contributed by atoms with E-state index in [4.69, 9.17) is 5.84 Å². The lowest BCUT2D eigenvalue weighted by Gasteiger charge is -2.25. The second-order valence-corrected chi connectivity index (χ2v) is 6.10. The van der Waals surface area contributed by atoms with Crippen molar-refractivity contribution >= 4 is 11.4 Å². The second-order valence-electron chi connectivity index (χ2n) is 6.10. The molecule has 130 valence electrons. The topological polar surface area (TPSA) is 32.5 Å². The minimum Gasteiger partial charge on any atom is -0.372 e. The lowest BCUT2D eigenvalue weighted by Crippen LogP contribution is -2.25. The fraction of sp³-hybridized carbons (Fsp3) is 0.400. The molecule has 2 N–H and O–H groups in total. The highest BCUT2D eigenvalue weighted by Crippen LogP contribution is 2.25. The summed E-state index contributed by atoms with van der Waals surface area (Å²) in [5.41, 5.74) is 3.80. The number of nitrogens with zero attached hydrogens (tertiary/aromatic N) is 2. The Morgan fingerprint density at radius 1 is 0.750 bits per heavy atom. The van der Waals surface area contributed by atoms with Crippen LogP contribution in [0.1, 0.15) is 39.5 Å². The van der Waals surface area contributed by atoms with E-state index in [1.165, 1.54) is 31.4 Å². The smallest absolute Gasteiger partial charge is 0.0873 e. The predicted octanol–water partition coefficient (Wildman–Crippen LogP) is 5.32. The number of rotatable bonds is 9. The molecule has 0 aliphatic heterocycles. The Kier molecular flexibility index (Phi) is 7.07. The third-order valence-electron chi connectivity index (χ3n) is 4.24. The van der Waals surface area contributed by atoms with Gasteiger partial charge in [-0.05, 0) is 48.2 Å². The van der Waals surface area contributed by atoms with Gasteiger partial charge >= 0.3 is 0 Å². The molecule has 0 heterocycles. The van der Waals surface area contributed by atoms with Crippen molar-refractivity contribution in [1.82, 2.24) is 0 Å². The van der Waals surface area contributed by atoms with Gasteiger partial charge in [0.15, 0.2) is 0 Å². The summed E-state index contributed by atoms with van der Waals surface area (Å²) in [5.74, 6) is 5.10. The number of hydrogen-bond donors (Lipinski definition) is 1. The highest BCUT2D eigenvalue weighted by atomic mass is 19.2. The van der Waals surface area contributed by atoms with Gasteiger partial charge in [0.2, 0.25) is 0 Å². The van der Waals surface area contributed by atoms with Gasteiger partial charge in [-0.2, -0.15) is 0 Å². The van der Waals surface area contributed by atoms with Crippen LogP contribution in [0.4, 0.5) is 15.9 Å². The van der Waals surface area contributed by atoms with Crippen LogP contribution in [-0.4, -0.2) is 13.1 Å². The zero-order valence-electron chi connectivity index (χ0n) is 14.7. The van der Waals surface area contributed by atoms with Crippen molar-refractivity contribution in [3.63, 3.8) is 0 Å². The number of hydrogen-bond acceptors (Lipinski definition) is 3. The molecule has 0 atom stereocenters. The summed E-state index contributed by atoms with van der Waals surface area (Å²) in [4.78, 5) is 2.47. The number of halogens is 1. The predicted molar refractivity (Wildman–Crippen MR) is 102 cm³/mol. The van der Waals surface area contributed by atoms with Crippen molar-refractivity contribution in [3.8, 4) is 11.1 Å². The lowest BCUT2D eigenvalue weighted by molar-refractivity contribution is 0.444. The van der Waals surface area contributed by atoms with E-state index in [-0.39, 0.29) is 5.23 Å². The molecule has 2 aromatic rings. The van der Waals surface area contributed by atoms with Crippen LogP contribution in [-0.2, 0) is 0 Å². The number of hydrazine groups is 1. The number of unbranched alkanes of at least 4 members (excludes halogenated alkanes) is 2. The van der Waals surface area contributed by atoms with Gasteiger partial charge in [0.25, 0.3) is 0 Å². The van der Waals surface area contributed by atoms with Gasteiger partial charge in [-0.15, -0.1) is 5.23 Å². The third kappa shape index (κ3) is 4.96. The molecule has 0 spiro atoms. The van der Waals surface area contributed by atoms with Crippen molar-refractivity contribution in [2.75, 3.05) is 23.2 Å². The van der Waals surface area contributed by atoms with Crippen LogP contribution in [0.15, 0.2) is 48.5 Å². The van der Waals surface area contributed by atoms with E-state index in [0.29, 0.717) is 5.69 Å². The number of nitrogens with two attached hydrogens (primary N) is 1. The SMILES string of the molecule is CCCCN(CCCC)c1ccc(-c2ccc(N(N)F)cc2)cc1.